The average Bonchev–Trinajstić information content (AvgIpc) is 2.90. The maximum Gasteiger partial charge on any atom is 0.252 e. The number of rotatable bonds is 6. The Morgan fingerprint density at radius 1 is 0.765 bits per heavy atom. The molecule has 0 saturated heterocycles. The van der Waals surface area contributed by atoms with Crippen molar-refractivity contribution in [1.82, 2.24) is 15.6 Å². The third-order valence-corrected chi connectivity index (χ3v) is 5.53. The highest BCUT2D eigenvalue weighted by Crippen LogP contribution is 2.35. The van der Waals surface area contributed by atoms with Gasteiger partial charge in [-0.2, -0.15) is 0 Å². The number of para-hydroxylation sites is 1. The van der Waals surface area contributed by atoms with E-state index in [1.807, 2.05) is 60.7 Å². The fourth-order valence-corrected chi connectivity index (χ4v) is 3.85. The molecule has 3 aromatic carbocycles. The number of benzene rings is 3. The molecule has 0 bridgehead atoms. The number of amides is 2. The molecule has 1 aliphatic heterocycles. The van der Waals surface area contributed by atoms with Crippen LogP contribution in [0.4, 0.5) is 0 Å². The lowest BCUT2D eigenvalue weighted by Crippen LogP contribution is -2.34. The summed E-state index contributed by atoms with van der Waals surface area (Å²) in [4.78, 5) is 30.0. The van der Waals surface area contributed by atoms with Crippen LogP contribution < -0.4 is 20.1 Å². The SMILES string of the molecule is O=C(NCCNC(=O)c1cc(-c2ccc3c(c2)OCCO3)nc2ccccc12)c1ccccc1. The number of nitrogens with one attached hydrogen (secondary N) is 2. The van der Waals surface area contributed by atoms with Gasteiger partial charge in [-0.1, -0.05) is 36.4 Å². The van der Waals surface area contributed by atoms with Gasteiger partial charge in [-0.05, 0) is 42.5 Å². The van der Waals surface area contributed by atoms with Crippen LogP contribution in [0.5, 0.6) is 11.5 Å². The van der Waals surface area contributed by atoms with Crippen LogP contribution in [-0.4, -0.2) is 43.1 Å². The molecule has 0 atom stereocenters. The zero-order valence-corrected chi connectivity index (χ0v) is 18.4. The molecule has 2 N–H and O–H groups in total. The highest BCUT2D eigenvalue weighted by atomic mass is 16.6. The minimum absolute atomic E-state index is 0.176. The summed E-state index contributed by atoms with van der Waals surface area (Å²) in [6.45, 7) is 1.64. The highest BCUT2D eigenvalue weighted by molar-refractivity contribution is 6.07. The van der Waals surface area contributed by atoms with Gasteiger partial charge >= 0.3 is 0 Å². The first-order chi connectivity index (χ1) is 16.7. The van der Waals surface area contributed by atoms with Gasteiger partial charge in [0.15, 0.2) is 11.5 Å². The van der Waals surface area contributed by atoms with E-state index >= 15 is 0 Å². The zero-order valence-electron chi connectivity index (χ0n) is 18.4. The lowest BCUT2D eigenvalue weighted by Gasteiger charge is -2.19. The van der Waals surface area contributed by atoms with Gasteiger partial charge in [-0.15, -0.1) is 0 Å². The van der Waals surface area contributed by atoms with Crippen molar-refractivity contribution in [2.75, 3.05) is 26.3 Å². The maximum absolute atomic E-state index is 13.1. The lowest BCUT2D eigenvalue weighted by molar-refractivity contribution is 0.0928. The van der Waals surface area contributed by atoms with E-state index in [1.54, 1.807) is 18.2 Å². The summed E-state index contributed by atoms with van der Waals surface area (Å²) in [6.07, 6.45) is 0. The Morgan fingerprint density at radius 2 is 1.47 bits per heavy atom. The monoisotopic (exact) mass is 453 g/mol. The second-order valence-corrected chi connectivity index (χ2v) is 7.81. The van der Waals surface area contributed by atoms with Gasteiger partial charge in [0.05, 0.1) is 16.8 Å². The molecule has 1 aromatic heterocycles. The van der Waals surface area contributed by atoms with Gasteiger partial charge in [0.2, 0.25) is 0 Å². The fraction of sp³-hybridized carbons (Fsp3) is 0.148. The number of hydrogen-bond donors (Lipinski definition) is 2. The van der Waals surface area contributed by atoms with E-state index in [2.05, 4.69) is 10.6 Å². The molecule has 0 fully saturated rings. The molecule has 0 aliphatic carbocycles. The predicted octanol–water partition coefficient (Wildman–Crippen LogP) is 3.83. The fourth-order valence-electron chi connectivity index (χ4n) is 3.85. The van der Waals surface area contributed by atoms with Gasteiger partial charge in [0, 0.05) is 29.6 Å². The average molecular weight is 453 g/mol. The van der Waals surface area contributed by atoms with Crippen molar-refractivity contribution in [3.63, 3.8) is 0 Å². The second-order valence-electron chi connectivity index (χ2n) is 7.81. The van der Waals surface area contributed by atoms with Gasteiger partial charge in [-0.3, -0.25) is 9.59 Å². The van der Waals surface area contributed by atoms with Crippen LogP contribution in [0.2, 0.25) is 0 Å². The van der Waals surface area contributed by atoms with Gasteiger partial charge in [0.1, 0.15) is 13.2 Å². The Hall–Kier alpha value is -4.39. The molecule has 0 saturated carbocycles. The number of carbonyl (C=O) groups is 2. The predicted molar refractivity (Wildman–Crippen MR) is 129 cm³/mol. The maximum atomic E-state index is 13.1. The molecule has 170 valence electrons. The Balaban J connectivity index is 1.34. The Bertz CT molecular complexity index is 1350. The lowest BCUT2D eigenvalue weighted by atomic mass is 10.0. The quantitative estimate of drug-likeness (QED) is 0.433. The van der Waals surface area contributed by atoms with E-state index in [1.165, 1.54) is 0 Å². The Kier molecular flexibility index (Phi) is 6.07. The zero-order chi connectivity index (χ0) is 23.3. The van der Waals surface area contributed by atoms with Crippen LogP contribution in [0.25, 0.3) is 22.2 Å². The van der Waals surface area contributed by atoms with Crippen molar-refractivity contribution >= 4 is 22.7 Å². The van der Waals surface area contributed by atoms with E-state index in [9.17, 15) is 9.59 Å². The van der Waals surface area contributed by atoms with Crippen molar-refractivity contribution in [2.24, 2.45) is 0 Å². The molecule has 0 unspecified atom stereocenters. The first kappa shape index (κ1) is 21.5. The second kappa shape index (κ2) is 9.62. The molecule has 2 amide bonds. The molecule has 7 heteroatoms. The number of pyridine rings is 1. The van der Waals surface area contributed by atoms with Gasteiger partial charge < -0.3 is 20.1 Å². The first-order valence-corrected chi connectivity index (χ1v) is 11.1. The molecule has 0 radical (unpaired) electrons. The molecule has 4 aromatic rings. The molecule has 5 rings (SSSR count). The van der Waals surface area contributed by atoms with E-state index < -0.39 is 0 Å². The van der Waals surface area contributed by atoms with Crippen molar-refractivity contribution in [2.45, 2.75) is 0 Å². The first-order valence-electron chi connectivity index (χ1n) is 11.1. The largest absolute Gasteiger partial charge is 0.486 e. The summed E-state index contributed by atoms with van der Waals surface area (Å²) >= 11 is 0. The Labute approximate surface area is 196 Å². The number of hydrogen-bond acceptors (Lipinski definition) is 5. The standard InChI is InChI=1S/C27H23N3O4/c31-26(18-6-2-1-3-7-18)28-12-13-29-27(32)21-17-23(30-22-9-5-4-8-20(21)22)19-10-11-24-25(16-19)34-15-14-33-24/h1-11,16-17H,12-15H2,(H,28,31)(H,29,32). The van der Waals surface area contributed by atoms with Crippen molar-refractivity contribution in [1.29, 1.82) is 0 Å². The molecular weight excluding hydrogens is 430 g/mol. The number of fused-ring (bicyclic) bond motifs is 2. The van der Waals surface area contributed by atoms with Crippen LogP contribution in [0.15, 0.2) is 78.9 Å². The normalized spacial score (nSPS) is 12.2. The van der Waals surface area contributed by atoms with Crippen LogP contribution in [0.1, 0.15) is 20.7 Å². The third-order valence-electron chi connectivity index (χ3n) is 5.53. The summed E-state index contributed by atoms with van der Waals surface area (Å²) in [5, 5.41) is 6.48. The van der Waals surface area contributed by atoms with Crippen LogP contribution in [-0.2, 0) is 0 Å². The van der Waals surface area contributed by atoms with Crippen LogP contribution in [0, 0.1) is 0 Å². The summed E-state index contributed by atoms with van der Waals surface area (Å²) in [5.41, 5.74) is 3.32. The third kappa shape index (κ3) is 4.54. The van der Waals surface area contributed by atoms with Crippen LogP contribution >= 0.6 is 0 Å². The minimum Gasteiger partial charge on any atom is -0.486 e. The van der Waals surface area contributed by atoms with Gasteiger partial charge in [0.25, 0.3) is 11.8 Å². The van der Waals surface area contributed by atoms with E-state index in [4.69, 9.17) is 14.5 Å². The summed E-state index contributed by atoms with van der Waals surface area (Å²) in [5.74, 6) is 0.960. The molecule has 0 spiro atoms. The molecule has 2 heterocycles. The highest BCUT2D eigenvalue weighted by Gasteiger charge is 2.17. The van der Waals surface area contributed by atoms with Crippen LogP contribution in [0.3, 0.4) is 0 Å². The van der Waals surface area contributed by atoms with E-state index in [-0.39, 0.29) is 11.8 Å². The summed E-state index contributed by atoms with van der Waals surface area (Å²) < 4.78 is 11.3. The summed E-state index contributed by atoms with van der Waals surface area (Å²) in [7, 11) is 0. The molecule has 1 aliphatic rings. The topological polar surface area (TPSA) is 89.6 Å². The summed E-state index contributed by atoms with van der Waals surface area (Å²) in [6, 6.07) is 23.9. The number of nitrogens with zero attached hydrogens (tertiary/aromatic N) is 1. The Morgan fingerprint density at radius 3 is 2.29 bits per heavy atom. The van der Waals surface area contributed by atoms with Gasteiger partial charge in [-0.25, -0.2) is 4.98 Å². The van der Waals surface area contributed by atoms with Crippen molar-refractivity contribution in [3.8, 4) is 22.8 Å². The molecule has 34 heavy (non-hydrogen) atoms. The van der Waals surface area contributed by atoms with Crippen molar-refractivity contribution < 1.29 is 19.1 Å². The van der Waals surface area contributed by atoms with Crippen molar-refractivity contribution in [3.05, 3.63) is 90.0 Å². The van der Waals surface area contributed by atoms with E-state index in [0.717, 1.165) is 16.5 Å². The smallest absolute Gasteiger partial charge is 0.252 e. The number of carbonyl (C=O) groups excluding carboxylic acids is 2. The minimum atomic E-state index is -0.230. The van der Waals surface area contributed by atoms with E-state index in [0.29, 0.717) is 54.6 Å². The number of aromatic nitrogens is 1. The molecule has 7 nitrogen and oxygen atoms in total. The molecular formula is C27H23N3O4. The number of ether oxygens (including phenoxy) is 2.